The molecule has 0 spiro atoms. The molecule has 0 saturated carbocycles. The van der Waals surface area contributed by atoms with Gasteiger partial charge in [-0.3, -0.25) is 4.79 Å². The van der Waals surface area contributed by atoms with E-state index in [9.17, 15) is 4.79 Å². The molecule has 0 radical (unpaired) electrons. The van der Waals surface area contributed by atoms with Gasteiger partial charge in [0.1, 0.15) is 6.73 Å². The average Bonchev–Trinajstić information content (AvgIpc) is 2.10. The first kappa shape index (κ1) is 12.2. The molecule has 0 rings (SSSR count). The minimum atomic E-state index is -0.143. The maximum Gasteiger partial charge on any atom is 0.248 e. The number of amides is 1. The van der Waals surface area contributed by atoms with Crippen LogP contribution in [-0.2, 0) is 9.53 Å². The van der Waals surface area contributed by atoms with Crippen molar-refractivity contribution >= 4 is 5.91 Å². The molecule has 1 amide bonds. The second kappa shape index (κ2) is 7.80. The number of ether oxygens (including phenoxy) is 1. The van der Waals surface area contributed by atoms with E-state index in [1.165, 1.54) is 12.8 Å². The third-order valence-corrected chi connectivity index (χ3v) is 1.61. The Kier molecular flexibility index (Phi) is 7.30. The van der Waals surface area contributed by atoms with Crippen molar-refractivity contribution in [1.82, 2.24) is 5.32 Å². The molecule has 0 bridgehead atoms. The summed E-state index contributed by atoms with van der Waals surface area (Å²) in [6.07, 6.45) is 3.41. The third-order valence-electron chi connectivity index (χ3n) is 1.61. The van der Waals surface area contributed by atoms with Crippen molar-refractivity contribution in [3.8, 4) is 0 Å². The maximum atomic E-state index is 10.9. The highest BCUT2D eigenvalue weighted by molar-refractivity contribution is 5.91. The molecule has 0 aromatic heterocycles. The summed E-state index contributed by atoms with van der Waals surface area (Å²) in [5, 5.41) is 2.60. The fourth-order valence-corrected chi connectivity index (χ4v) is 0.794. The molecule has 0 heterocycles. The Balaban J connectivity index is 3.16. The Hall–Kier alpha value is -0.830. The smallest absolute Gasteiger partial charge is 0.248 e. The number of nitrogens with one attached hydrogen (secondary N) is 1. The number of rotatable bonds is 7. The lowest BCUT2D eigenvalue weighted by molar-refractivity contribution is -0.119. The van der Waals surface area contributed by atoms with Crippen molar-refractivity contribution in [2.45, 2.75) is 33.1 Å². The molecule has 0 atom stereocenters. The average molecular weight is 185 g/mol. The van der Waals surface area contributed by atoms with Gasteiger partial charge in [0, 0.05) is 12.2 Å². The van der Waals surface area contributed by atoms with Crippen LogP contribution in [0, 0.1) is 0 Å². The zero-order valence-electron chi connectivity index (χ0n) is 8.56. The van der Waals surface area contributed by atoms with Crippen LogP contribution >= 0.6 is 0 Å². The molecule has 3 heteroatoms. The van der Waals surface area contributed by atoms with Gasteiger partial charge in [-0.2, -0.15) is 0 Å². The highest BCUT2D eigenvalue weighted by Crippen LogP contribution is 1.93. The van der Waals surface area contributed by atoms with Gasteiger partial charge >= 0.3 is 0 Å². The number of unbranched alkanes of at least 4 members (excludes halogenated alkanes) is 2. The summed E-state index contributed by atoms with van der Waals surface area (Å²) >= 11 is 0. The number of carbonyl (C=O) groups excluding carboxylic acids is 1. The van der Waals surface area contributed by atoms with E-state index in [-0.39, 0.29) is 12.6 Å². The van der Waals surface area contributed by atoms with Crippen molar-refractivity contribution in [2.24, 2.45) is 0 Å². The number of hydrogen-bond donors (Lipinski definition) is 1. The van der Waals surface area contributed by atoms with Gasteiger partial charge in [0.05, 0.1) is 0 Å². The van der Waals surface area contributed by atoms with E-state index in [0.29, 0.717) is 12.2 Å². The Labute approximate surface area is 80.2 Å². The summed E-state index contributed by atoms with van der Waals surface area (Å²) < 4.78 is 5.18. The van der Waals surface area contributed by atoms with Gasteiger partial charge in [0.15, 0.2) is 0 Å². The van der Waals surface area contributed by atoms with E-state index in [2.05, 4.69) is 18.8 Å². The van der Waals surface area contributed by atoms with Crippen molar-refractivity contribution < 1.29 is 9.53 Å². The van der Waals surface area contributed by atoms with E-state index in [1.807, 2.05) is 0 Å². The molecule has 0 aliphatic carbocycles. The monoisotopic (exact) mass is 185 g/mol. The van der Waals surface area contributed by atoms with Crippen LogP contribution in [0.25, 0.3) is 0 Å². The SMILES string of the molecule is C=C(C)C(=O)NCOCCCCC. The van der Waals surface area contributed by atoms with Gasteiger partial charge in [-0.05, 0) is 13.3 Å². The summed E-state index contributed by atoms with van der Waals surface area (Å²) in [6, 6.07) is 0. The quantitative estimate of drug-likeness (QED) is 0.373. The van der Waals surface area contributed by atoms with Crippen LogP contribution in [-0.4, -0.2) is 19.2 Å². The second-order valence-corrected chi connectivity index (χ2v) is 3.05. The van der Waals surface area contributed by atoms with Crippen molar-refractivity contribution in [2.75, 3.05) is 13.3 Å². The fraction of sp³-hybridized carbons (Fsp3) is 0.700. The molecular formula is C10H19NO2. The van der Waals surface area contributed by atoms with Crippen LogP contribution in [0.2, 0.25) is 0 Å². The van der Waals surface area contributed by atoms with Crippen LogP contribution in [0.4, 0.5) is 0 Å². The molecule has 0 saturated heterocycles. The predicted octanol–water partition coefficient (Wildman–Crippen LogP) is 1.84. The fourth-order valence-electron chi connectivity index (χ4n) is 0.794. The molecular weight excluding hydrogens is 166 g/mol. The number of carbonyl (C=O) groups is 1. The molecule has 3 nitrogen and oxygen atoms in total. The van der Waals surface area contributed by atoms with Gasteiger partial charge in [-0.25, -0.2) is 0 Å². The first-order valence-electron chi connectivity index (χ1n) is 4.70. The molecule has 0 aromatic carbocycles. The highest BCUT2D eigenvalue weighted by Gasteiger charge is 1.98. The summed E-state index contributed by atoms with van der Waals surface area (Å²) in [7, 11) is 0. The molecule has 0 aromatic rings. The van der Waals surface area contributed by atoms with Crippen LogP contribution < -0.4 is 5.32 Å². The zero-order chi connectivity index (χ0) is 10.1. The molecule has 0 fully saturated rings. The van der Waals surface area contributed by atoms with Gasteiger partial charge in [0.25, 0.3) is 0 Å². The third kappa shape index (κ3) is 7.53. The number of hydrogen-bond acceptors (Lipinski definition) is 2. The van der Waals surface area contributed by atoms with Crippen LogP contribution in [0.3, 0.4) is 0 Å². The van der Waals surface area contributed by atoms with E-state index < -0.39 is 0 Å². The molecule has 0 unspecified atom stereocenters. The van der Waals surface area contributed by atoms with Crippen LogP contribution in [0.15, 0.2) is 12.2 Å². The van der Waals surface area contributed by atoms with Gasteiger partial charge in [0.2, 0.25) is 5.91 Å². The van der Waals surface area contributed by atoms with E-state index in [1.54, 1.807) is 6.92 Å². The van der Waals surface area contributed by atoms with E-state index in [0.717, 1.165) is 6.42 Å². The van der Waals surface area contributed by atoms with Gasteiger partial charge < -0.3 is 10.1 Å². The lowest BCUT2D eigenvalue weighted by atomic mass is 10.3. The standard InChI is InChI=1S/C10H19NO2/c1-4-5-6-7-13-8-11-10(12)9(2)3/h2,4-8H2,1,3H3,(H,11,12). The molecule has 76 valence electrons. The molecule has 0 aliphatic heterocycles. The lowest BCUT2D eigenvalue weighted by Crippen LogP contribution is -2.26. The summed E-state index contributed by atoms with van der Waals surface area (Å²) in [5.41, 5.74) is 0.511. The van der Waals surface area contributed by atoms with Crippen molar-refractivity contribution in [1.29, 1.82) is 0 Å². The summed E-state index contributed by atoms with van der Waals surface area (Å²) in [6.45, 7) is 8.33. The predicted molar refractivity (Wildman–Crippen MR) is 53.3 cm³/mol. The second-order valence-electron chi connectivity index (χ2n) is 3.05. The van der Waals surface area contributed by atoms with Crippen LogP contribution in [0.1, 0.15) is 33.1 Å². The summed E-state index contributed by atoms with van der Waals surface area (Å²) in [4.78, 5) is 10.9. The highest BCUT2D eigenvalue weighted by atomic mass is 16.5. The Morgan fingerprint density at radius 3 is 2.69 bits per heavy atom. The topological polar surface area (TPSA) is 38.3 Å². The summed E-state index contributed by atoms with van der Waals surface area (Å²) in [5.74, 6) is -0.143. The van der Waals surface area contributed by atoms with Crippen molar-refractivity contribution in [3.05, 3.63) is 12.2 Å². The Bertz CT molecular complexity index is 166. The minimum Gasteiger partial charge on any atom is -0.361 e. The van der Waals surface area contributed by atoms with Gasteiger partial charge in [-0.15, -0.1) is 0 Å². The largest absolute Gasteiger partial charge is 0.361 e. The van der Waals surface area contributed by atoms with Gasteiger partial charge in [-0.1, -0.05) is 26.3 Å². The minimum absolute atomic E-state index is 0.143. The Morgan fingerprint density at radius 2 is 2.15 bits per heavy atom. The lowest BCUT2D eigenvalue weighted by Gasteiger charge is -2.05. The van der Waals surface area contributed by atoms with Crippen molar-refractivity contribution in [3.63, 3.8) is 0 Å². The van der Waals surface area contributed by atoms with E-state index >= 15 is 0 Å². The van der Waals surface area contributed by atoms with Crippen LogP contribution in [0.5, 0.6) is 0 Å². The molecule has 1 N–H and O–H groups in total. The normalized spacial score (nSPS) is 9.69. The molecule has 0 aliphatic rings. The first-order valence-corrected chi connectivity index (χ1v) is 4.70. The zero-order valence-corrected chi connectivity index (χ0v) is 8.56. The first-order chi connectivity index (χ1) is 6.18. The Morgan fingerprint density at radius 1 is 1.46 bits per heavy atom. The van der Waals surface area contributed by atoms with E-state index in [4.69, 9.17) is 4.74 Å². The molecule has 13 heavy (non-hydrogen) atoms. The maximum absolute atomic E-state index is 10.9.